The molecule has 0 radical (unpaired) electrons. The molecule has 0 atom stereocenters. The van der Waals surface area contributed by atoms with Gasteiger partial charge in [-0.25, -0.2) is 10.1 Å². The lowest BCUT2D eigenvalue weighted by molar-refractivity contribution is -0.0197. The average molecular weight is 413 g/mol. The van der Waals surface area contributed by atoms with Crippen LogP contribution in [0.1, 0.15) is 53.3 Å². The summed E-state index contributed by atoms with van der Waals surface area (Å²) in [5.41, 5.74) is 3.48. The highest BCUT2D eigenvalue weighted by atomic mass is 16.2. The number of H-pyrrole nitrogens is 1. The number of nitrogens with one attached hydrogen (secondary N) is 2. The minimum absolute atomic E-state index is 0.105. The lowest BCUT2D eigenvalue weighted by atomic mass is 9.49. The van der Waals surface area contributed by atoms with Crippen LogP contribution in [0.15, 0.2) is 53.6 Å². The molecule has 7 heteroatoms. The summed E-state index contributed by atoms with van der Waals surface area (Å²) in [5.74, 6) is 0.256. The fourth-order valence-corrected chi connectivity index (χ4v) is 5.57. The van der Waals surface area contributed by atoms with Crippen LogP contribution in [0.3, 0.4) is 0 Å². The van der Waals surface area contributed by atoms with Gasteiger partial charge in [0.2, 0.25) is 0 Å². The number of pyridine rings is 1. The first kappa shape index (κ1) is 18.3. The summed E-state index contributed by atoms with van der Waals surface area (Å²) in [6.45, 7) is 1.99. The van der Waals surface area contributed by atoms with E-state index in [-0.39, 0.29) is 22.9 Å². The van der Waals surface area contributed by atoms with Crippen LogP contribution in [0.25, 0.3) is 16.4 Å². The smallest absolute Gasteiger partial charge is 0.272 e. The van der Waals surface area contributed by atoms with Crippen molar-refractivity contribution >= 4 is 22.3 Å². The van der Waals surface area contributed by atoms with Gasteiger partial charge in [-0.05, 0) is 55.7 Å². The zero-order valence-electron chi connectivity index (χ0n) is 17.3. The predicted molar refractivity (Wildman–Crippen MR) is 117 cm³/mol. The van der Waals surface area contributed by atoms with E-state index in [9.17, 15) is 9.59 Å². The Morgan fingerprint density at radius 2 is 1.90 bits per heavy atom. The van der Waals surface area contributed by atoms with Crippen molar-refractivity contribution < 1.29 is 4.79 Å². The Morgan fingerprint density at radius 3 is 2.68 bits per heavy atom. The van der Waals surface area contributed by atoms with E-state index in [2.05, 4.69) is 20.5 Å². The maximum Gasteiger partial charge on any atom is 0.272 e. The second-order valence-electron chi connectivity index (χ2n) is 9.22. The zero-order chi connectivity index (χ0) is 21.2. The quantitative estimate of drug-likeness (QED) is 0.539. The summed E-state index contributed by atoms with van der Waals surface area (Å²) >= 11 is 0. The molecular formula is C24H23N5O2. The molecule has 156 valence electrons. The van der Waals surface area contributed by atoms with E-state index in [0.29, 0.717) is 17.0 Å². The van der Waals surface area contributed by atoms with Crippen molar-refractivity contribution in [3.8, 4) is 0 Å². The standard InChI is InChI=1S/C24H23N5O2/c1-14-5-4-8-29-13-19(26-21(14)29)23(31)25-16-11-24(12-16)9-15(10-24)20-17-6-2-3-7-18(17)22(30)28-27-20/h2-8,13,15-16H,9-12H2,1H3,(H,25,31)(H,28,30). The number of aromatic amines is 1. The highest BCUT2D eigenvalue weighted by molar-refractivity contribution is 5.93. The number of benzene rings is 1. The minimum Gasteiger partial charge on any atom is -0.348 e. The van der Waals surface area contributed by atoms with Gasteiger partial charge in [0.25, 0.3) is 11.5 Å². The van der Waals surface area contributed by atoms with Gasteiger partial charge in [0.15, 0.2) is 0 Å². The van der Waals surface area contributed by atoms with Crippen molar-refractivity contribution in [1.82, 2.24) is 24.9 Å². The van der Waals surface area contributed by atoms with E-state index in [1.165, 1.54) is 0 Å². The SMILES string of the molecule is Cc1cccn2cc(C(=O)NC3CC4(C3)CC(c3n[nH]c(=O)c5ccccc35)C4)nc12. The molecule has 1 aromatic carbocycles. The van der Waals surface area contributed by atoms with Crippen molar-refractivity contribution in [2.24, 2.45) is 5.41 Å². The summed E-state index contributed by atoms with van der Waals surface area (Å²) in [5, 5.41) is 11.8. The third-order valence-corrected chi connectivity index (χ3v) is 7.08. The molecule has 2 aliphatic carbocycles. The van der Waals surface area contributed by atoms with Gasteiger partial charge in [-0.15, -0.1) is 0 Å². The predicted octanol–water partition coefficient (Wildman–Crippen LogP) is 3.34. The van der Waals surface area contributed by atoms with Crippen molar-refractivity contribution in [2.45, 2.75) is 44.6 Å². The Labute approximate surface area is 178 Å². The molecule has 1 amide bonds. The highest BCUT2D eigenvalue weighted by Gasteiger charge is 2.54. The van der Waals surface area contributed by atoms with Gasteiger partial charge in [-0.2, -0.15) is 5.10 Å². The second kappa shape index (κ2) is 6.51. The summed E-state index contributed by atoms with van der Waals surface area (Å²) in [6, 6.07) is 11.8. The third kappa shape index (κ3) is 2.87. The van der Waals surface area contributed by atoms with Crippen LogP contribution >= 0.6 is 0 Å². The Balaban J connectivity index is 1.11. The Kier molecular flexibility index (Phi) is 3.84. The molecule has 0 saturated heterocycles. The molecule has 1 spiro atoms. The molecule has 2 saturated carbocycles. The fourth-order valence-electron chi connectivity index (χ4n) is 5.57. The van der Waals surface area contributed by atoms with Crippen LogP contribution in [0.2, 0.25) is 0 Å². The van der Waals surface area contributed by atoms with E-state index in [4.69, 9.17) is 0 Å². The molecule has 7 nitrogen and oxygen atoms in total. The number of aryl methyl sites for hydroxylation is 1. The molecule has 2 aliphatic rings. The fraction of sp³-hybridized carbons (Fsp3) is 0.333. The minimum atomic E-state index is -0.137. The number of carbonyl (C=O) groups excluding carboxylic acids is 1. The van der Waals surface area contributed by atoms with Crippen molar-refractivity contribution in [3.63, 3.8) is 0 Å². The molecule has 0 bridgehead atoms. The number of nitrogens with zero attached hydrogens (tertiary/aromatic N) is 3. The molecule has 3 heterocycles. The number of fused-ring (bicyclic) bond motifs is 2. The number of rotatable bonds is 3. The van der Waals surface area contributed by atoms with Crippen LogP contribution in [0.5, 0.6) is 0 Å². The van der Waals surface area contributed by atoms with E-state index >= 15 is 0 Å². The van der Waals surface area contributed by atoms with Crippen LogP contribution in [-0.2, 0) is 0 Å². The van der Waals surface area contributed by atoms with Crippen LogP contribution < -0.4 is 10.9 Å². The monoisotopic (exact) mass is 413 g/mol. The van der Waals surface area contributed by atoms with Gasteiger partial charge >= 0.3 is 0 Å². The average Bonchev–Trinajstić information content (AvgIpc) is 3.16. The van der Waals surface area contributed by atoms with Crippen molar-refractivity contribution in [2.75, 3.05) is 0 Å². The largest absolute Gasteiger partial charge is 0.348 e. The zero-order valence-corrected chi connectivity index (χ0v) is 17.3. The number of hydrogen-bond acceptors (Lipinski definition) is 4. The Hall–Kier alpha value is -3.48. The van der Waals surface area contributed by atoms with Gasteiger partial charge in [0.1, 0.15) is 11.3 Å². The number of imidazole rings is 1. The van der Waals surface area contributed by atoms with Gasteiger partial charge in [-0.1, -0.05) is 24.3 Å². The molecule has 6 rings (SSSR count). The first-order valence-electron chi connectivity index (χ1n) is 10.7. The van der Waals surface area contributed by atoms with E-state index in [0.717, 1.165) is 48.0 Å². The van der Waals surface area contributed by atoms with Crippen molar-refractivity contribution in [1.29, 1.82) is 0 Å². The summed E-state index contributed by atoms with van der Waals surface area (Å²) in [4.78, 5) is 29.2. The lowest BCUT2D eigenvalue weighted by Gasteiger charge is -2.57. The van der Waals surface area contributed by atoms with Crippen LogP contribution in [-0.4, -0.2) is 31.5 Å². The number of amides is 1. The van der Waals surface area contributed by atoms with Gasteiger partial charge < -0.3 is 9.72 Å². The highest BCUT2D eigenvalue weighted by Crippen LogP contribution is 2.62. The third-order valence-electron chi connectivity index (χ3n) is 7.08. The molecule has 4 aromatic rings. The van der Waals surface area contributed by atoms with E-state index in [1.807, 2.05) is 53.9 Å². The Morgan fingerprint density at radius 1 is 1.13 bits per heavy atom. The molecule has 2 fully saturated rings. The number of aromatic nitrogens is 4. The normalized spacial score (nSPS) is 24.8. The van der Waals surface area contributed by atoms with Gasteiger partial charge in [0.05, 0.1) is 11.1 Å². The summed E-state index contributed by atoms with van der Waals surface area (Å²) < 4.78 is 1.89. The number of carbonyl (C=O) groups is 1. The lowest BCUT2D eigenvalue weighted by Crippen LogP contribution is -2.55. The second-order valence-corrected chi connectivity index (χ2v) is 9.22. The van der Waals surface area contributed by atoms with Gasteiger partial charge in [0, 0.05) is 29.7 Å². The first-order chi connectivity index (χ1) is 15.0. The van der Waals surface area contributed by atoms with Crippen molar-refractivity contribution in [3.05, 3.63) is 76.1 Å². The summed E-state index contributed by atoms with van der Waals surface area (Å²) in [7, 11) is 0. The topological polar surface area (TPSA) is 92.1 Å². The summed E-state index contributed by atoms with van der Waals surface area (Å²) in [6.07, 6.45) is 7.78. The molecular weight excluding hydrogens is 390 g/mol. The Bertz CT molecular complexity index is 1390. The maximum absolute atomic E-state index is 12.7. The van der Waals surface area contributed by atoms with E-state index in [1.54, 1.807) is 6.20 Å². The first-order valence-corrected chi connectivity index (χ1v) is 10.7. The van der Waals surface area contributed by atoms with E-state index < -0.39 is 0 Å². The van der Waals surface area contributed by atoms with Crippen LogP contribution in [0.4, 0.5) is 0 Å². The molecule has 0 aliphatic heterocycles. The maximum atomic E-state index is 12.7. The van der Waals surface area contributed by atoms with Gasteiger partial charge in [-0.3, -0.25) is 9.59 Å². The van der Waals surface area contributed by atoms with Crippen LogP contribution in [0, 0.1) is 12.3 Å². The molecule has 31 heavy (non-hydrogen) atoms. The number of hydrogen-bond donors (Lipinski definition) is 2. The molecule has 3 aromatic heterocycles. The molecule has 0 unspecified atom stereocenters. The molecule has 2 N–H and O–H groups in total.